The molecule has 5 nitrogen and oxygen atoms in total. The molecule has 0 aromatic carbocycles. The molecule has 82 valence electrons. The summed E-state index contributed by atoms with van der Waals surface area (Å²) in [4.78, 5) is 29.6. The zero-order valence-electron chi connectivity index (χ0n) is 8.80. The van der Waals surface area contributed by atoms with Crippen LogP contribution in [0.15, 0.2) is 40.3 Å². The SMILES string of the molecule is Cc1c[nH]c(=O)n(Cc2ccncc2)c1=O. The number of nitrogens with zero attached hydrogens (tertiary/aromatic N) is 2. The highest BCUT2D eigenvalue weighted by atomic mass is 16.2. The number of aromatic nitrogens is 3. The van der Waals surface area contributed by atoms with E-state index in [9.17, 15) is 9.59 Å². The Morgan fingerprint density at radius 3 is 2.69 bits per heavy atom. The van der Waals surface area contributed by atoms with Crippen molar-refractivity contribution in [3.63, 3.8) is 0 Å². The van der Waals surface area contributed by atoms with Gasteiger partial charge in [0.05, 0.1) is 6.54 Å². The summed E-state index contributed by atoms with van der Waals surface area (Å²) >= 11 is 0. The van der Waals surface area contributed by atoms with Gasteiger partial charge in [0, 0.05) is 24.2 Å². The first-order valence-electron chi connectivity index (χ1n) is 4.86. The molecular formula is C11H11N3O2. The number of aromatic amines is 1. The van der Waals surface area contributed by atoms with Crippen molar-refractivity contribution in [1.82, 2.24) is 14.5 Å². The van der Waals surface area contributed by atoms with Crippen LogP contribution in [-0.4, -0.2) is 14.5 Å². The number of rotatable bonds is 2. The average Bonchev–Trinajstić information content (AvgIpc) is 2.31. The Kier molecular flexibility index (Phi) is 2.68. The van der Waals surface area contributed by atoms with E-state index in [-0.39, 0.29) is 12.1 Å². The molecule has 0 saturated carbocycles. The van der Waals surface area contributed by atoms with E-state index >= 15 is 0 Å². The molecule has 0 saturated heterocycles. The van der Waals surface area contributed by atoms with Crippen LogP contribution in [0.2, 0.25) is 0 Å². The maximum atomic E-state index is 11.7. The summed E-state index contributed by atoms with van der Waals surface area (Å²) in [5.41, 5.74) is 0.731. The summed E-state index contributed by atoms with van der Waals surface area (Å²) in [6.45, 7) is 1.93. The molecule has 2 rings (SSSR count). The number of hydrogen-bond donors (Lipinski definition) is 1. The summed E-state index contributed by atoms with van der Waals surface area (Å²) in [7, 11) is 0. The number of aryl methyl sites for hydroxylation is 1. The van der Waals surface area contributed by atoms with Crippen LogP contribution in [0.3, 0.4) is 0 Å². The molecule has 2 heterocycles. The minimum Gasteiger partial charge on any atom is -0.314 e. The molecule has 0 radical (unpaired) electrons. The molecular weight excluding hydrogens is 206 g/mol. The van der Waals surface area contributed by atoms with Gasteiger partial charge in [-0.15, -0.1) is 0 Å². The van der Waals surface area contributed by atoms with Crippen LogP contribution in [0, 0.1) is 6.92 Å². The Labute approximate surface area is 91.4 Å². The lowest BCUT2D eigenvalue weighted by molar-refractivity contribution is 0.691. The molecule has 16 heavy (non-hydrogen) atoms. The Hall–Kier alpha value is -2.17. The Bertz CT molecular complexity index is 599. The van der Waals surface area contributed by atoms with Crippen molar-refractivity contribution in [2.75, 3.05) is 0 Å². The Morgan fingerprint density at radius 1 is 1.31 bits per heavy atom. The lowest BCUT2D eigenvalue weighted by atomic mass is 10.2. The van der Waals surface area contributed by atoms with E-state index < -0.39 is 5.69 Å². The molecule has 0 aliphatic rings. The molecule has 0 aliphatic heterocycles. The van der Waals surface area contributed by atoms with Crippen molar-refractivity contribution in [3.8, 4) is 0 Å². The smallest absolute Gasteiger partial charge is 0.314 e. The fourth-order valence-corrected chi connectivity index (χ4v) is 1.43. The van der Waals surface area contributed by atoms with Gasteiger partial charge in [-0.05, 0) is 24.6 Å². The third-order valence-corrected chi connectivity index (χ3v) is 2.33. The first-order valence-corrected chi connectivity index (χ1v) is 4.86. The van der Waals surface area contributed by atoms with Gasteiger partial charge >= 0.3 is 5.69 Å². The molecule has 0 aliphatic carbocycles. The third-order valence-electron chi connectivity index (χ3n) is 2.33. The summed E-state index contributed by atoms with van der Waals surface area (Å²) in [5, 5.41) is 0. The van der Waals surface area contributed by atoms with E-state index in [1.54, 1.807) is 31.5 Å². The summed E-state index contributed by atoms with van der Waals surface area (Å²) < 4.78 is 1.17. The zero-order valence-corrected chi connectivity index (χ0v) is 8.80. The van der Waals surface area contributed by atoms with Crippen molar-refractivity contribution < 1.29 is 0 Å². The predicted molar refractivity (Wildman–Crippen MR) is 59.4 cm³/mol. The van der Waals surface area contributed by atoms with E-state index in [1.807, 2.05) is 0 Å². The molecule has 2 aromatic heterocycles. The van der Waals surface area contributed by atoms with Gasteiger partial charge in [-0.3, -0.25) is 14.3 Å². The van der Waals surface area contributed by atoms with Crippen molar-refractivity contribution in [2.24, 2.45) is 0 Å². The fraction of sp³-hybridized carbons (Fsp3) is 0.182. The molecule has 1 N–H and O–H groups in total. The first kappa shape index (κ1) is 10.4. The van der Waals surface area contributed by atoms with E-state index in [0.29, 0.717) is 5.56 Å². The molecule has 0 unspecified atom stereocenters. The predicted octanol–water partition coefficient (Wildman–Crippen LogP) is 0.288. The molecule has 5 heteroatoms. The second kappa shape index (κ2) is 4.14. The summed E-state index contributed by atoms with van der Waals surface area (Å²) in [6.07, 6.45) is 4.68. The van der Waals surface area contributed by atoms with E-state index in [1.165, 1.54) is 10.8 Å². The van der Waals surface area contributed by atoms with Crippen molar-refractivity contribution in [2.45, 2.75) is 13.5 Å². The molecule has 0 atom stereocenters. The number of nitrogens with one attached hydrogen (secondary N) is 1. The van der Waals surface area contributed by atoms with Crippen LogP contribution in [0.4, 0.5) is 0 Å². The average molecular weight is 217 g/mol. The molecule has 2 aromatic rings. The summed E-state index contributed by atoms with van der Waals surface area (Å²) in [5.74, 6) is 0. The number of H-pyrrole nitrogens is 1. The van der Waals surface area contributed by atoms with Crippen LogP contribution >= 0.6 is 0 Å². The molecule has 0 amide bonds. The molecule has 0 fully saturated rings. The highest BCUT2D eigenvalue weighted by molar-refractivity contribution is 5.11. The lowest BCUT2D eigenvalue weighted by Gasteiger charge is -2.04. The topological polar surface area (TPSA) is 67.8 Å². The van der Waals surface area contributed by atoms with Crippen LogP contribution in [0.1, 0.15) is 11.1 Å². The first-order chi connectivity index (χ1) is 7.68. The minimum atomic E-state index is -0.396. The largest absolute Gasteiger partial charge is 0.328 e. The Morgan fingerprint density at radius 2 is 2.00 bits per heavy atom. The highest BCUT2D eigenvalue weighted by Crippen LogP contribution is 1.96. The maximum absolute atomic E-state index is 11.7. The van der Waals surface area contributed by atoms with Crippen LogP contribution in [0.25, 0.3) is 0 Å². The number of pyridine rings is 1. The Balaban J connectivity index is 2.47. The van der Waals surface area contributed by atoms with Gasteiger partial charge in [0.25, 0.3) is 5.56 Å². The quantitative estimate of drug-likeness (QED) is 0.786. The van der Waals surface area contributed by atoms with E-state index in [2.05, 4.69) is 9.97 Å². The third kappa shape index (κ3) is 1.93. The van der Waals surface area contributed by atoms with Crippen molar-refractivity contribution in [1.29, 1.82) is 0 Å². The zero-order chi connectivity index (χ0) is 11.5. The van der Waals surface area contributed by atoms with Gasteiger partial charge in [0.2, 0.25) is 0 Å². The van der Waals surface area contributed by atoms with E-state index in [4.69, 9.17) is 0 Å². The fourth-order valence-electron chi connectivity index (χ4n) is 1.43. The number of hydrogen-bond acceptors (Lipinski definition) is 3. The standard InChI is InChI=1S/C11H11N3O2/c1-8-6-13-11(16)14(10(8)15)7-9-2-4-12-5-3-9/h2-6H,7H2,1H3,(H,13,16). The van der Waals surface area contributed by atoms with Gasteiger partial charge in [-0.25, -0.2) is 4.79 Å². The van der Waals surface area contributed by atoms with Gasteiger partial charge in [0.15, 0.2) is 0 Å². The molecule has 0 spiro atoms. The lowest BCUT2D eigenvalue weighted by Crippen LogP contribution is -2.36. The monoisotopic (exact) mass is 217 g/mol. The minimum absolute atomic E-state index is 0.262. The molecule has 0 bridgehead atoms. The summed E-state index contributed by atoms with van der Waals surface area (Å²) in [6, 6.07) is 3.54. The van der Waals surface area contributed by atoms with Crippen LogP contribution in [0.5, 0.6) is 0 Å². The second-order valence-electron chi connectivity index (χ2n) is 3.52. The van der Waals surface area contributed by atoms with Crippen LogP contribution < -0.4 is 11.2 Å². The van der Waals surface area contributed by atoms with Crippen molar-refractivity contribution >= 4 is 0 Å². The van der Waals surface area contributed by atoms with Gasteiger partial charge in [-0.1, -0.05) is 0 Å². The maximum Gasteiger partial charge on any atom is 0.328 e. The van der Waals surface area contributed by atoms with Gasteiger partial charge in [-0.2, -0.15) is 0 Å². The van der Waals surface area contributed by atoms with E-state index in [0.717, 1.165) is 5.56 Å². The van der Waals surface area contributed by atoms with Gasteiger partial charge in [0.1, 0.15) is 0 Å². The van der Waals surface area contributed by atoms with Gasteiger partial charge < -0.3 is 4.98 Å². The van der Waals surface area contributed by atoms with Crippen LogP contribution in [-0.2, 0) is 6.54 Å². The normalized spacial score (nSPS) is 10.3. The second-order valence-corrected chi connectivity index (χ2v) is 3.52. The van der Waals surface area contributed by atoms with Crippen molar-refractivity contribution in [3.05, 3.63) is 62.7 Å². The highest BCUT2D eigenvalue weighted by Gasteiger charge is 2.04.